The number of nitrogens with zero attached hydrogens (tertiary/aromatic N) is 1. The molecule has 1 rings (SSSR count). The van der Waals surface area contributed by atoms with Crippen LogP contribution in [0.3, 0.4) is 0 Å². The van der Waals surface area contributed by atoms with E-state index in [1.54, 1.807) is 6.07 Å². The first-order valence-corrected chi connectivity index (χ1v) is 2.67. The molecule has 1 radical (unpaired) electrons. The monoisotopic (exact) mass is 343 g/mol. The molecule has 0 bridgehead atoms. The van der Waals surface area contributed by atoms with Gasteiger partial charge in [-0.2, -0.15) is 12.1 Å². The van der Waals surface area contributed by atoms with E-state index in [0.29, 0.717) is 0 Å². The van der Waals surface area contributed by atoms with Gasteiger partial charge in [0.05, 0.1) is 0 Å². The average molecular weight is 343 g/mol. The number of rotatable bonds is 0. The van der Waals surface area contributed by atoms with Crippen LogP contribution in [0.25, 0.3) is 0 Å². The van der Waals surface area contributed by atoms with E-state index in [1.165, 1.54) is 0 Å². The molecule has 0 N–H and O–H groups in total. The van der Waals surface area contributed by atoms with Crippen LogP contribution in [0, 0.1) is 6.20 Å². The second kappa shape index (κ2) is 4.20. The van der Waals surface area contributed by atoms with Crippen molar-refractivity contribution in [3.8, 4) is 0 Å². The summed E-state index contributed by atoms with van der Waals surface area (Å²) in [5.74, 6) is 0. The molecule has 0 unspecified atom stereocenters. The maximum absolute atomic E-state index is 3.77. The molecule has 1 nitrogen and oxygen atoms in total. The molecule has 1 aromatic rings. The smallest absolute Gasteiger partial charge is 0 e. The third-order valence-electron chi connectivity index (χ3n) is 0.576. The molecular weight excluding hydrogens is 340 g/mol. The maximum atomic E-state index is 3.77. The third kappa shape index (κ3) is 2.56. The number of halogens is 1. The van der Waals surface area contributed by atoms with E-state index in [4.69, 9.17) is 0 Å². The molecule has 3 heteroatoms. The second-order valence-corrected chi connectivity index (χ2v) is 1.90. The molecule has 0 fully saturated rings. The minimum absolute atomic E-state index is 0. The van der Waals surface area contributed by atoms with E-state index in [0.717, 1.165) is 4.60 Å². The topological polar surface area (TPSA) is 12.9 Å². The molecule has 0 atom stereocenters. The minimum Gasteiger partial charge on any atom is -0.380 e. The second-order valence-electron chi connectivity index (χ2n) is 1.09. The molecule has 43 valence electrons. The summed E-state index contributed by atoms with van der Waals surface area (Å²) in [5.41, 5.74) is 0. The Kier molecular flexibility index (Phi) is 4.35. The number of hydrogen-bond donors (Lipinski definition) is 0. The normalized spacial score (nSPS) is 7.62. The zero-order valence-electron chi connectivity index (χ0n) is 3.94. The van der Waals surface area contributed by atoms with Crippen molar-refractivity contribution in [1.29, 1.82) is 0 Å². The van der Waals surface area contributed by atoms with Gasteiger partial charge in [0.25, 0.3) is 0 Å². The van der Waals surface area contributed by atoms with E-state index < -0.39 is 0 Å². The molecule has 0 aliphatic heterocycles. The van der Waals surface area contributed by atoms with Crippen molar-refractivity contribution in [3.05, 3.63) is 29.0 Å². The van der Waals surface area contributed by atoms with Gasteiger partial charge < -0.3 is 4.98 Å². The predicted octanol–water partition coefficient (Wildman–Crippen LogP) is 1.64. The van der Waals surface area contributed by atoms with Crippen LogP contribution in [0.1, 0.15) is 0 Å². The van der Waals surface area contributed by atoms with Crippen LogP contribution in [0.15, 0.2) is 22.8 Å². The summed E-state index contributed by atoms with van der Waals surface area (Å²) in [5, 5.41) is 0. The van der Waals surface area contributed by atoms with Gasteiger partial charge in [-0.3, -0.25) is 0 Å². The fraction of sp³-hybridized carbons (Fsp3) is 0. The van der Waals surface area contributed by atoms with E-state index >= 15 is 0 Å². The van der Waals surface area contributed by atoms with Gasteiger partial charge in [-0.05, 0) is 4.60 Å². The molecule has 0 aromatic carbocycles. The van der Waals surface area contributed by atoms with Gasteiger partial charge in [0.1, 0.15) is 0 Å². The first-order chi connectivity index (χ1) is 3.39. The third-order valence-corrected chi connectivity index (χ3v) is 1.02. The van der Waals surface area contributed by atoms with Crippen molar-refractivity contribution in [2.75, 3.05) is 0 Å². The average Bonchev–Trinajstić information content (AvgIpc) is 1.69. The zero-order chi connectivity index (χ0) is 5.11. The van der Waals surface area contributed by atoms with Crippen LogP contribution >= 0.6 is 15.9 Å². The van der Waals surface area contributed by atoms with Crippen LogP contribution in [-0.4, -0.2) is 4.98 Å². The molecule has 1 heterocycles. The van der Waals surface area contributed by atoms with Crippen LogP contribution in [0.2, 0.25) is 0 Å². The van der Waals surface area contributed by atoms with Crippen molar-refractivity contribution in [1.82, 2.24) is 4.98 Å². The SMILES string of the molecule is Brc1ccc[c-]n1.[Re]. The molecule has 0 saturated carbocycles. The summed E-state index contributed by atoms with van der Waals surface area (Å²) in [6.45, 7) is 0. The Morgan fingerprint density at radius 3 is 2.62 bits per heavy atom. The van der Waals surface area contributed by atoms with Crippen LogP contribution in [-0.2, 0) is 20.4 Å². The maximum Gasteiger partial charge on any atom is 0 e. The summed E-state index contributed by atoms with van der Waals surface area (Å²) in [4.78, 5) is 3.77. The zero-order valence-corrected chi connectivity index (χ0v) is 8.24. The van der Waals surface area contributed by atoms with Crippen LogP contribution in [0.4, 0.5) is 0 Å². The van der Waals surface area contributed by atoms with Crippen molar-refractivity contribution >= 4 is 15.9 Å². The molecule has 8 heavy (non-hydrogen) atoms. The summed E-state index contributed by atoms with van der Waals surface area (Å²) < 4.78 is 0.829. The van der Waals surface area contributed by atoms with Gasteiger partial charge in [-0.15, -0.1) is 22.0 Å². The van der Waals surface area contributed by atoms with E-state index in [1.807, 2.05) is 12.1 Å². The standard InChI is InChI=1S/C5H3BrN.Re/c6-5-3-1-2-4-7-5;/h1-3H;/q-1;. The Morgan fingerprint density at radius 2 is 2.38 bits per heavy atom. The summed E-state index contributed by atoms with van der Waals surface area (Å²) in [7, 11) is 0. The molecule has 0 spiro atoms. The Morgan fingerprint density at radius 1 is 1.62 bits per heavy atom. The van der Waals surface area contributed by atoms with Crippen molar-refractivity contribution < 1.29 is 20.4 Å². The van der Waals surface area contributed by atoms with Crippen molar-refractivity contribution in [2.24, 2.45) is 0 Å². The Labute approximate surface area is 70.3 Å². The minimum atomic E-state index is 0. The Bertz CT molecular complexity index is 142. The van der Waals surface area contributed by atoms with Gasteiger partial charge in [-0.25, -0.2) is 0 Å². The van der Waals surface area contributed by atoms with Crippen LogP contribution in [0.5, 0.6) is 0 Å². The first kappa shape index (κ1) is 8.29. The predicted molar refractivity (Wildman–Crippen MR) is 30.8 cm³/mol. The number of pyridine rings is 1. The molecule has 0 aliphatic rings. The van der Waals surface area contributed by atoms with Crippen LogP contribution < -0.4 is 0 Å². The van der Waals surface area contributed by atoms with Gasteiger partial charge >= 0.3 is 0 Å². The van der Waals surface area contributed by atoms with E-state index in [9.17, 15) is 0 Å². The summed E-state index contributed by atoms with van der Waals surface area (Å²) in [6.07, 6.45) is 2.66. The van der Waals surface area contributed by atoms with Gasteiger partial charge in [0.15, 0.2) is 0 Å². The van der Waals surface area contributed by atoms with Gasteiger partial charge in [-0.1, -0.05) is 6.20 Å². The van der Waals surface area contributed by atoms with E-state index in [2.05, 4.69) is 27.1 Å². The molecule has 1 aromatic heterocycles. The number of hydrogen-bond acceptors (Lipinski definition) is 1. The fourth-order valence-electron chi connectivity index (χ4n) is 0.307. The fourth-order valence-corrected chi connectivity index (χ4v) is 0.562. The quantitative estimate of drug-likeness (QED) is 0.516. The van der Waals surface area contributed by atoms with Crippen molar-refractivity contribution in [3.63, 3.8) is 0 Å². The number of aromatic nitrogens is 1. The van der Waals surface area contributed by atoms with Gasteiger partial charge in [0.2, 0.25) is 0 Å². The summed E-state index contributed by atoms with van der Waals surface area (Å²) >= 11 is 3.17. The Hall–Kier alpha value is 0.292. The Balaban J connectivity index is 0.000000490. The first-order valence-electron chi connectivity index (χ1n) is 1.88. The largest absolute Gasteiger partial charge is 0.380 e. The molecule has 0 saturated heterocycles. The van der Waals surface area contributed by atoms with E-state index in [-0.39, 0.29) is 20.4 Å². The molecular formula is C5H3BrNRe-. The summed E-state index contributed by atoms with van der Waals surface area (Å²) in [6, 6.07) is 5.48. The molecule has 0 aliphatic carbocycles. The molecule has 0 amide bonds. The van der Waals surface area contributed by atoms with Crippen molar-refractivity contribution in [2.45, 2.75) is 0 Å². The van der Waals surface area contributed by atoms with Gasteiger partial charge in [0, 0.05) is 20.4 Å².